The second-order valence-electron chi connectivity index (χ2n) is 6.29. The second-order valence-corrected chi connectivity index (χ2v) is 6.29. The van der Waals surface area contributed by atoms with Crippen LogP contribution in [0.25, 0.3) is 0 Å². The van der Waals surface area contributed by atoms with Gasteiger partial charge in [0.1, 0.15) is 0 Å². The molecule has 1 heterocycles. The van der Waals surface area contributed by atoms with E-state index >= 15 is 0 Å². The molecule has 22 heavy (non-hydrogen) atoms. The van der Waals surface area contributed by atoms with E-state index in [1.165, 1.54) is 64.6 Å². The molecule has 3 nitrogen and oxygen atoms in total. The lowest BCUT2D eigenvalue weighted by Crippen LogP contribution is -2.30. The van der Waals surface area contributed by atoms with Gasteiger partial charge in [-0.2, -0.15) is 0 Å². The van der Waals surface area contributed by atoms with Crippen LogP contribution in [0.2, 0.25) is 0 Å². The third-order valence-corrected chi connectivity index (χ3v) is 4.42. The summed E-state index contributed by atoms with van der Waals surface area (Å²) in [5.41, 5.74) is 0.754. The summed E-state index contributed by atoms with van der Waals surface area (Å²) in [4.78, 5) is 14.5. The molecule has 0 spiro atoms. The maximum absolute atomic E-state index is 11.8. The Balaban J connectivity index is 1.42. The highest BCUT2D eigenvalue weighted by Gasteiger charge is 2.08. The molecule has 1 saturated heterocycles. The van der Waals surface area contributed by atoms with Crippen molar-refractivity contribution < 1.29 is 4.79 Å². The molecule has 1 aliphatic rings. The van der Waals surface area contributed by atoms with Crippen molar-refractivity contribution in [3.63, 3.8) is 0 Å². The number of rotatable bonds is 9. The Morgan fingerprint density at radius 2 is 1.59 bits per heavy atom. The van der Waals surface area contributed by atoms with Crippen molar-refractivity contribution >= 4 is 5.91 Å². The Labute approximate surface area is 135 Å². The van der Waals surface area contributed by atoms with Crippen LogP contribution in [0.3, 0.4) is 0 Å². The number of benzene rings is 1. The average molecular weight is 302 g/mol. The molecule has 3 heteroatoms. The summed E-state index contributed by atoms with van der Waals surface area (Å²) >= 11 is 0. The normalized spacial score (nSPS) is 15.6. The van der Waals surface area contributed by atoms with Crippen molar-refractivity contribution in [1.82, 2.24) is 10.2 Å². The highest BCUT2D eigenvalue weighted by atomic mass is 16.1. The molecule has 122 valence electrons. The quantitative estimate of drug-likeness (QED) is 0.703. The largest absolute Gasteiger partial charge is 0.352 e. The number of nitrogens with zero attached hydrogens (tertiary/aromatic N) is 1. The molecule has 1 amide bonds. The minimum absolute atomic E-state index is 0.0469. The molecule has 1 aromatic carbocycles. The van der Waals surface area contributed by atoms with E-state index in [2.05, 4.69) is 10.2 Å². The molecule has 0 unspecified atom stereocenters. The fourth-order valence-electron chi connectivity index (χ4n) is 3.07. The third-order valence-electron chi connectivity index (χ3n) is 4.42. The van der Waals surface area contributed by atoms with Crippen molar-refractivity contribution in [3.05, 3.63) is 35.9 Å². The van der Waals surface area contributed by atoms with E-state index in [1.54, 1.807) is 0 Å². The molecule has 0 aliphatic carbocycles. The first-order valence-corrected chi connectivity index (χ1v) is 8.92. The van der Waals surface area contributed by atoms with Gasteiger partial charge in [0.25, 0.3) is 5.91 Å². The SMILES string of the molecule is O=C(NCCCCCCCN1CCCCC1)c1ccccc1. The van der Waals surface area contributed by atoms with Crippen LogP contribution in [0.15, 0.2) is 30.3 Å². The van der Waals surface area contributed by atoms with Gasteiger partial charge in [0.05, 0.1) is 0 Å². The summed E-state index contributed by atoms with van der Waals surface area (Å²) < 4.78 is 0. The molecule has 0 atom stereocenters. The maximum Gasteiger partial charge on any atom is 0.251 e. The Morgan fingerprint density at radius 3 is 2.36 bits per heavy atom. The Hall–Kier alpha value is -1.35. The molecule has 2 rings (SSSR count). The van der Waals surface area contributed by atoms with Crippen LogP contribution >= 0.6 is 0 Å². The van der Waals surface area contributed by atoms with Gasteiger partial charge in [-0.15, -0.1) is 0 Å². The minimum atomic E-state index is 0.0469. The lowest BCUT2D eigenvalue weighted by atomic mass is 10.1. The van der Waals surface area contributed by atoms with Crippen molar-refractivity contribution in [1.29, 1.82) is 0 Å². The number of nitrogens with one attached hydrogen (secondary N) is 1. The van der Waals surface area contributed by atoms with E-state index in [-0.39, 0.29) is 5.91 Å². The average Bonchev–Trinajstić information content (AvgIpc) is 2.59. The third kappa shape index (κ3) is 6.61. The number of unbranched alkanes of at least 4 members (excludes halogenated alkanes) is 4. The zero-order valence-electron chi connectivity index (χ0n) is 13.7. The first kappa shape index (κ1) is 17.0. The Bertz CT molecular complexity index is 413. The first-order chi connectivity index (χ1) is 10.9. The van der Waals surface area contributed by atoms with Crippen LogP contribution in [0.4, 0.5) is 0 Å². The number of carbonyl (C=O) groups excluding carboxylic acids is 1. The number of amides is 1. The van der Waals surface area contributed by atoms with E-state index in [9.17, 15) is 4.79 Å². The van der Waals surface area contributed by atoms with Gasteiger partial charge in [-0.1, -0.05) is 43.9 Å². The van der Waals surface area contributed by atoms with Gasteiger partial charge in [0, 0.05) is 12.1 Å². The van der Waals surface area contributed by atoms with Gasteiger partial charge in [0.15, 0.2) is 0 Å². The fraction of sp³-hybridized carbons (Fsp3) is 0.632. The lowest BCUT2D eigenvalue weighted by Gasteiger charge is -2.26. The van der Waals surface area contributed by atoms with Crippen LogP contribution < -0.4 is 5.32 Å². The van der Waals surface area contributed by atoms with Crippen LogP contribution in [0, 0.1) is 0 Å². The monoisotopic (exact) mass is 302 g/mol. The minimum Gasteiger partial charge on any atom is -0.352 e. The van der Waals surface area contributed by atoms with Crippen LogP contribution in [-0.2, 0) is 0 Å². The van der Waals surface area contributed by atoms with Gasteiger partial charge >= 0.3 is 0 Å². The predicted molar refractivity (Wildman–Crippen MR) is 92.2 cm³/mol. The summed E-state index contributed by atoms with van der Waals surface area (Å²) in [5, 5.41) is 2.99. The summed E-state index contributed by atoms with van der Waals surface area (Å²) in [6.45, 7) is 4.70. The molecule has 1 aromatic rings. The smallest absolute Gasteiger partial charge is 0.251 e. The lowest BCUT2D eigenvalue weighted by molar-refractivity contribution is 0.0953. The number of carbonyl (C=O) groups is 1. The highest BCUT2D eigenvalue weighted by Crippen LogP contribution is 2.10. The van der Waals surface area contributed by atoms with Crippen molar-refractivity contribution in [2.24, 2.45) is 0 Å². The molecular formula is C19H30N2O. The molecule has 1 N–H and O–H groups in total. The number of piperidine rings is 1. The molecule has 1 fully saturated rings. The van der Waals surface area contributed by atoms with Gasteiger partial charge in [-0.25, -0.2) is 0 Å². The topological polar surface area (TPSA) is 32.3 Å². The molecule has 0 aromatic heterocycles. The number of hydrogen-bond donors (Lipinski definition) is 1. The molecular weight excluding hydrogens is 272 g/mol. The van der Waals surface area contributed by atoms with E-state index in [0.717, 1.165) is 18.5 Å². The molecule has 1 aliphatic heterocycles. The number of hydrogen-bond acceptors (Lipinski definition) is 2. The van der Waals surface area contributed by atoms with Gasteiger partial charge in [0.2, 0.25) is 0 Å². The first-order valence-electron chi connectivity index (χ1n) is 8.92. The second kappa shape index (κ2) is 10.4. The molecule has 0 bridgehead atoms. The maximum atomic E-state index is 11.8. The predicted octanol–water partition coefficient (Wildman–Crippen LogP) is 3.85. The van der Waals surface area contributed by atoms with E-state index in [0.29, 0.717) is 0 Å². The van der Waals surface area contributed by atoms with E-state index < -0.39 is 0 Å². The molecule has 0 radical (unpaired) electrons. The summed E-state index contributed by atoms with van der Waals surface area (Å²) in [5.74, 6) is 0.0469. The van der Waals surface area contributed by atoms with Crippen LogP contribution in [0.1, 0.15) is 61.7 Å². The Kier molecular flexibility index (Phi) is 8.03. The zero-order valence-corrected chi connectivity index (χ0v) is 13.7. The zero-order chi connectivity index (χ0) is 15.5. The Morgan fingerprint density at radius 1 is 0.909 bits per heavy atom. The van der Waals surface area contributed by atoms with Gasteiger partial charge < -0.3 is 10.2 Å². The van der Waals surface area contributed by atoms with Crippen LogP contribution in [0.5, 0.6) is 0 Å². The van der Waals surface area contributed by atoms with Crippen molar-refractivity contribution in [2.75, 3.05) is 26.2 Å². The van der Waals surface area contributed by atoms with Crippen LogP contribution in [-0.4, -0.2) is 37.0 Å². The van der Waals surface area contributed by atoms with Crippen molar-refractivity contribution in [3.8, 4) is 0 Å². The standard InChI is InChI=1S/C19H30N2O/c22-19(18-12-6-4-7-13-18)20-14-8-2-1-3-9-15-21-16-10-5-11-17-21/h4,6-7,12-13H,1-3,5,8-11,14-17H2,(H,20,22). The highest BCUT2D eigenvalue weighted by molar-refractivity contribution is 5.94. The summed E-state index contributed by atoms with van der Waals surface area (Å²) in [7, 11) is 0. The molecule has 0 saturated carbocycles. The fourth-order valence-corrected chi connectivity index (χ4v) is 3.07. The van der Waals surface area contributed by atoms with Gasteiger partial charge in [-0.05, 0) is 57.5 Å². The van der Waals surface area contributed by atoms with E-state index in [4.69, 9.17) is 0 Å². The number of likely N-dealkylation sites (tertiary alicyclic amines) is 1. The van der Waals surface area contributed by atoms with Crippen molar-refractivity contribution in [2.45, 2.75) is 51.4 Å². The van der Waals surface area contributed by atoms with E-state index in [1.807, 2.05) is 30.3 Å². The summed E-state index contributed by atoms with van der Waals surface area (Å²) in [6, 6.07) is 9.45. The summed E-state index contributed by atoms with van der Waals surface area (Å²) in [6.07, 6.45) is 10.4. The van der Waals surface area contributed by atoms with Gasteiger partial charge in [-0.3, -0.25) is 4.79 Å².